The minimum atomic E-state index is -0.359. The summed E-state index contributed by atoms with van der Waals surface area (Å²) in [6.07, 6.45) is 3.34. The van der Waals surface area contributed by atoms with E-state index < -0.39 is 0 Å². The van der Waals surface area contributed by atoms with E-state index in [1.807, 2.05) is 54.6 Å². The molecule has 7 heteroatoms. The van der Waals surface area contributed by atoms with Gasteiger partial charge < -0.3 is 14.6 Å². The highest BCUT2D eigenvalue weighted by molar-refractivity contribution is 6.03. The fourth-order valence-electron chi connectivity index (χ4n) is 2.84. The first-order chi connectivity index (χ1) is 13.7. The van der Waals surface area contributed by atoms with Crippen molar-refractivity contribution in [3.63, 3.8) is 0 Å². The number of hydrogen-bond donors (Lipinski definition) is 1. The molecule has 0 spiro atoms. The zero-order chi connectivity index (χ0) is 19.3. The highest BCUT2D eigenvalue weighted by atomic mass is 16.5. The Hall–Kier alpha value is -3.87. The summed E-state index contributed by atoms with van der Waals surface area (Å²) in [4.78, 5) is 12.4. The van der Waals surface area contributed by atoms with Gasteiger partial charge in [0.15, 0.2) is 11.5 Å². The lowest BCUT2D eigenvalue weighted by Crippen LogP contribution is -2.11. The molecule has 0 unspecified atom stereocenters. The van der Waals surface area contributed by atoms with Crippen LogP contribution in [0.25, 0.3) is 11.3 Å². The third-order valence-electron chi connectivity index (χ3n) is 4.22. The molecule has 0 aliphatic heterocycles. The summed E-state index contributed by atoms with van der Waals surface area (Å²) < 4.78 is 12.4. The Bertz CT molecular complexity index is 1090. The SMILES string of the molecule is COc1ccccc1Cn1cc(NC(=O)c2cc(-c3ccccc3)on2)cn1. The molecule has 2 aromatic carbocycles. The molecule has 0 fully saturated rings. The van der Waals surface area contributed by atoms with Gasteiger partial charge in [0.05, 0.1) is 25.5 Å². The fraction of sp³-hybridized carbons (Fsp3) is 0.0952. The maximum absolute atomic E-state index is 12.4. The number of carbonyl (C=O) groups excluding carboxylic acids is 1. The van der Waals surface area contributed by atoms with Crippen LogP contribution in [-0.4, -0.2) is 28.0 Å². The number of anilines is 1. The van der Waals surface area contributed by atoms with E-state index in [1.165, 1.54) is 0 Å². The average Bonchev–Trinajstić information content (AvgIpc) is 3.39. The van der Waals surface area contributed by atoms with Crippen molar-refractivity contribution in [2.45, 2.75) is 6.54 Å². The second kappa shape index (κ2) is 7.79. The smallest absolute Gasteiger partial charge is 0.277 e. The summed E-state index contributed by atoms with van der Waals surface area (Å²) >= 11 is 0. The molecule has 140 valence electrons. The van der Waals surface area contributed by atoms with Crippen LogP contribution in [0.5, 0.6) is 5.75 Å². The number of hydrogen-bond acceptors (Lipinski definition) is 5. The molecule has 7 nitrogen and oxygen atoms in total. The Morgan fingerprint density at radius 2 is 1.93 bits per heavy atom. The van der Waals surface area contributed by atoms with Gasteiger partial charge in [-0.1, -0.05) is 53.7 Å². The number of amides is 1. The number of nitrogens with one attached hydrogen (secondary N) is 1. The van der Waals surface area contributed by atoms with Crippen LogP contribution >= 0.6 is 0 Å². The number of methoxy groups -OCH3 is 1. The van der Waals surface area contributed by atoms with Gasteiger partial charge in [-0.05, 0) is 6.07 Å². The Morgan fingerprint density at radius 1 is 1.14 bits per heavy atom. The molecule has 4 rings (SSSR count). The number of rotatable bonds is 6. The summed E-state index contributed by atoms with van der Waals surface area (Å²) in [5.74, 6) is 0.972. The first-order valence-electron chi connectivity index (χ1n) is 8.71. The number of benzene rings is 2. The fourth-order valence-corrected chi connectivity index (χ4v) is 2.84. The molecule has 4 aromatic rings. The number of carbonyl (C=O) groups is 1. The molecule has 2 heterocycles. The van der Waals surface area contributed by atoms with E-state index in [9.17, 15) is 4.79 Å². The van der Waals surface area contributed by atoms with Crippen LogP contribution < -0.4 is 10.1 Å². The van der Waals surface area contributed by atoms with Crippen molar-refractivity contribution in [3.05, 3.63) is 84.3 Å². The van der Waals surface area contributed by atoms with Crippen LogP contribution in [0.2, 0.25) is 0 Å². The number of aromatic nitrogens is 3. The summed E-state index contributed by atoms with van der Waals surface area (Å²) in [6.45, 7) is 0.530. The van der Waals surface area contributed by atoms with Crippen LogP contribution in [-0.2, 0) is 6.54 Å². The zero-order valence-corrected chi connectivity index (χ0v) is 15.2. The maximum Gasteiger partial charge on any atom is 0.277 e. The van der Waals surface area contributed by atoms with Gasteiger partial charge in [0.25, 0.3) is 5.91 Å². The maximum atomic E-state index is 12.4. The third-order valence-corrected chi connectivity index (χ3v) is 4.22. The van der Waals surface area contributed by atoms with Gasteiger partial charge >= 0.3 is 0 Å². The van der Waals surface area contributed by atoms with Crippen molar-refractivity contribution in [3.8, 4) is 17.1 Å². The molecule has 0 saturated heterocycles. The van der Waals surface area contributed by atoms with Gasteiger partial charge in [0, 0.05) is 23.4 Å². The molecule has 0 atom stereocenters. The predicted molar refractivity (Wildman–Crippen MR) is 104 cm³/mol. The van der Waals surface area contributed by atoms with Crippen LogP contribution in [0.1, 0.15) is 16.1 Å². The molecular weight excluding hydrogens is 356 g/mol. The van der Waals surface area contributed by atoms with Crippen molar-refractivity contribution in [1.29, 1.82) is 0 Å². The Labute approximate surface area is 161 Å². The van der Waals surface area contributed by atoms with Crippen molar-refractivity contribution >= 4 is 11.6 Å². The monoisotopic (exact) mass is 374 g/mol. The number of para-hydroxylation sites is 1. The van der Waals surface area contributed by atoms with E-state index in [1.54, 1.807) is 30.3 Å². The van der Waals surface area contributed by atoms with Gasteiger partial charge in [0.2, 0.25) is 0 Å². The molecule has 0 saturated carbocycles. The number of nitrogens with zero attached hydrogens (tertiary/aromatic N) is 3. The predicted octanol–water partition coefficient (Wildman–Crippen LogP) is 3.85. The van der Waals surface area contributed by atoms with E-state index in [4.69, 9.17) is 9.26 Å². The molecular formula is C21H18N4O3. The van der Waals surface area contributed by atoms with Crippen molar-refractivity contribution in [2.75, 3.05) is 12.4 Å². The topological polar surface area (TPSA) is 82.2 Å². The van der Waals surface area contributed by atoms with E-state index in [0.29, 0.717) is 18.0 Å². The number of ether oxygens (including phenoxy) is 1. The lowest BCUT2D eigenvalue weighted by atomic mass is 10.1. The second-order valence-electron chi connectivity index (χ2n) is 6.13. The summed E-state index contributed by atoms with van der Waals surface area (Å²) in [5.41, 5.74) is 2.63. The highest BCUT2D eigenvalue weighted by Gasteiger charge is 2.15. The minimum Gasteiger partial charge on any atom is -0.496 e. The summed E-state index contributed by atoms with van der Waals surface area (Å²) in [5, 5.41) is 10.9. The lowest BCUT2D eigenvalue weighted by molar-refractivity contribution is 0.101. The van der Waals surface area contributed by atoms with Crippen LogP contribution in [0.15, 0.2) is 77.6 Å². The van der Waals surface area contributed by atoms with Crippen molar-refractivity contribution in [1.82, 2.24) is 14.9 Å². The molecule has 28 heavy (non-hydrogen) atoms. The first kappa shape index (κ1) is 17.5. The lowest BCUT2D eigenvalue weighted by Gasteiger charge is -2.07. The molecule has 0 aliphatic rings. The van der Waals surface area contributed by atoms with Crippen molar-refractivity contribution in [2.24, 2.45) is 0 Å². The highest BCUT2D eigenvalue weighted by Crippen LogP contribution is 2.21. The normalized spacial score (nSPS) is 10.6. The molecule has 0 aliphatic carbocycles. The van der Waals surface area contributed by atoms with Gasteiger partial charge in [-0.3, -0.25) is 9.48 Å². The van der Waals surface area contributed by atoms with E-state index >= 15 is 0 Å². The third kappa shape index (κ3) is 3.78. The second-order valence-corrected chi connectivity index (χ2v) is 6.13. The Kier molecular flexibility index (Phi) is 4.88. The van der Waals surface area contributed by atoms with Crippen LogP contribution in [0.3, 0.4) is 0 Å². The summed E-state index contributed by atoms with van der Waals surface area (Å²) in [7, 11) is 1.63. The zero-order valence-electron chi connectivity index (χ0n) is 15.2. The van der Waals surface area contributed by atoms with Gasteiger partial charge in [-0.2, -0.15) is 5.10 Å². The van der Waals surface area contributed by atoms with Gasteiger partial charge in [-0.15, -0.1) is 0 Å². The van der Waals surface area contributed by atoms with Gasteiger partial charge in [-0.25, -0.2) is 0 Å². The molecule has 2 aromatic heterocycles. The quantitative estimate of drug-likeness (QED) is 0.554. The standard InChI is InChI=1S/C21H18N4O3/c1-27-19-10-6-5-9-16(19)13-25-14-17(12-22-25)23-21(26)18-11-20(28-24-18)15-7-3-2-4-8-15/h2-12,14H,13H2,1H3,(H,23,26). The van der Waals surface area contributed by atoms with E-state index in [2.05, 4.69) is 15.6 Å². The van der Waals surface area contributed by atoms with Crippen LogP contribution in [0, 0.1) is 0 Å². The summed E-state index contributed by atoms with van der Waals surface area (Å²) in [6, 6.07) is 18.8. The van der Waals surface area contributed by atoms with E-state index in [-0.39, 0.29) is 11.6 Å². The Balaban J connectivity index is 1.44. The molecule has 0 bridgehead atoms. The average molecular weight is 374 g/mol. The minimum absolute atomic E-state index is 0.205. The van der Waals surface area contributed by atoms with Crippen LogP contribution in [0.4, 0.5) is 5.69 Å². The largest absolute Gasteiger partial charge is 0.496 e. The van der Waals surface area contributed by atoms with Gasteiger partial charge in [0.1, 0.15) is 5.75 Å². The van der Waals surface area contributed by atoms with E-state index in [0.717, 1.165) is 16.9 Å². The molecule has 1 amide bonds. The Morgan fingerprint density at radius 3 is 2.75 bits per heavy atom. The molecule has 0 radical (unpaired) electrons. The molecule has 1 N–H and O–H groups in total. The van der Waals surface area contributed by atoms with Crippen molar-refractivity contribution < 1.29 is 14.1 Å². The first-order valence-corrected chi connectivity index (χ1v) is 8.71.